The summed E-state index contributed by atoms with van der Waals surface area (Å²) in [5.41, 5.74) is 4.60. The number of anilines is 1. The van der Waals surface area contributed by atoms with Gasteiger partial charge in [0.15, 0.2) is 0 Å². The number of benzene rings is 2. The minimum Gasteiger partial charge on any atom is -0.325 e. The lowest BCUT2D eigenvalue weighted by Gasteiger charge is -2.20. The van der Waals surface area contributed by atoms with E-state index in [1.54, 1.807) is 11.8 Å². The fourth-order valence-corrected chi connectivity index (χ4v) is 3.45. The van der Waals surface area contributed by atoms with Crippen LogP contribution in [0.2, 0.25) is 0 Å². The van der Waals surface area contributed by atoms with Gasteiger partial charge in [0.1, 0.15) is 0 Å². The van der Waals surface area contributed by atoms with Crippen LogP contribution in [0, 0.1) is 0 Å². The number of carbonyl (C=O) groups excluding carboxylic acids is 1. The van der Waals surface area contributed by atoms with E-state index in [4.69, 9.17) is 0 Å². The summed E-state index contributed by atoms with van der Waals surface area (Å²) in [6.07, 6.45) is 4.20. The molecule has 1 amide bonds. The molecule has 0 radical (unpaired) electrons. The maximum Gasteiger partial charge on any atom is 0.234 e. The van der Waals surface area contributed by atoms with Crippen LogP contribution >= 0.6 is 11.8 Å². The molecule has 2 nitrogen and oxygen atoms in total. The molecule has 0 saturated heterocycles. The molecule has 0 unspecified atom stereocenters. The van der Waals surface area contributed by atoms with Crippen LogP contribution in [0.4, 0.5) is 5.69 Å². The van der Waals surface area contributed by atoms with Crippen LogP contribution in [-0.2, 0) is 4.79 Å². The third kappa shape index (κ3) is 6.06. The molecule has 0 aliphatic rings. The van der Waals surface area contributed by atoms with Gasteiger partial charge < -0.3 is 5.32 Å². The van der Waals surface area contributed by atoms with Gasteiger partial charge in [0.05, 0.1) is 5.75 Å². The van der Waals surface area contributed by atoms with Gasteiger partial charge in [-0.15, -0.1) is 11.8 Å². The quantitative estimate of drug-likeness (QED) is 0.553. The van der Waals surface area contributed by atoms with Crippen molar-refractivity contribution in [3.05, 3.63) is 71.3 Å². The largest absolute Gasteiger partial charge is 0.325 e. The molecule has 2 rings (SSSR count). The van der Waals surface area contributed by atoms with E-state index in [-0.39, 0.29) is 5.91 Å². The van der Waals surface area contributed by atoms with E-state index in [1.807, 2.05) is 18.2 Å². The number of para-hydroxylation sites is 1. The number of thioether (sulfide) groups is 1. The van der Waals surface area contributed by atoms with Crippen LogP contribution < -0.4 is 5.32 Å². The van der Waals surface area contributed by atoms with Crippen molar-refractivity contribution in [3.8, 4) is 0 Å². The lowest BCUT2D eigenvalue weighted by Crippen LogP contribution is -2.17. The number of carbonyl (C=O) groups is 1. The van der Waals surface area contributed by atoms with E-state index in [0.29, 0.717) is 17.6 Å². The first-order chi connectivity index (χ1) is 12.5. The molecule has 3 heteroatoms. The zero-order chi connectivity index (χ0) is 18.9. The summed E-state index contributed by atoms with van der Waals surface area (Å²) in [5, 5.41) is 3.17. The zero-order valence-corrected chi connectivity index (χ0v) is 17.0. The van der Waals surface area contributed by atoms with Gasteiger partial charge in [-0.05, 0) is 28.5 Å². The number of hydrogen-bond donors (Lipinski definition) is 1. The fourth-order valence-electron chi connectivity index (χ4n) is 2.84. The Labute approximate surface area is 162 Å². The Morgan fingerprint density at radius 2 is 1.58 bits per heavy atom. The summed E-state index contributed by atoms with van der Waals surface area (Å²) in [5.74, 6) is 2.11. The third-order valence-corrected chi connectivity index (χ3v) is 5.09. The second-order valence-corrected chi connectivity index (χ2v) is 8.03. The second-order valence-electron chi connectivity index (χ2n) is 7.00. The van der Waals surface area contributed by atoms with Crippen molar-refractivity contribution >= 4 is 29.4 Å². The predicted molar refractivity (Wildman–Crippen MR) is 116 cm³/mol. The van der Waals surface area contributed by atoms with Crippen molar-refractivity contribution in [1.29, 1.82) is 0 Å². The van der Waals surface area contributed by atoms with Crippen LogP contribution in [0.25, 0.3) is 6.08 Å². The first kappa shape index (κ1) is 20.3. The summed E-state index contributed by atoms with van der Waals surface area (Å²) >= 11 is 1.63. The smallest absolute Gasteiger partial charge is 0.234 e. The molecule has 138 valence electrons. The van der Waals surface area contributed by atoms with Gasteiger partial charge in [-0.2, -0.15) is 0 Å². The van der Waals surface area contributed by atoms with Gasteiger partial charge >= 0.3 is 0 Å². The summed E-state index contributed by atoms with van der Waals surface area (Å²) in [6.45, 7) is 8.66. The van der Waals surface area contributed by atoms with Gasteiger partial charge in [-0.3, -0.25) is 4.79 Å². The van der Waals surface area contributed by atoms with Crippen molar-refractivity contribution in [1.82, 2.24) is 0 Å². The molecule has 0 atom stereocenters. The molecule has 1 N–H and O–H groups in total. The van der Waals surface area contributed by atoms with E-state index in [1.165, 1.54) is 16.7 Å². The molecule has 0 fully saturated rings. The van der Waals surface area contributed by atoms with Gasteiger partial charge in [0.25, 0.3) is 0 Å². The lowest BCUT2D eigenvalue weighted by atomic mass is 9.92. The van der Waals surface area contributed by atoms with Crippen molar-refractivity contribution in [2.45, 2.75) is 39.5 Å². The maximum atomic E-state index is 12.4. The first-order valence-electron chi connectivity index (χ1n) is 9.21. The Morgan fingerprint density at radius 1 is 0.962 bits per heavy atom. The molecular formula is C23H29NOS. The average Bonchev–Trinajstić information content (AvgIpc) is 2.62. The predicted octanol–water partition coefficient (Wildman–Crippen LogP) is 6.32. The summed E-state index contributed by atoms with van der Waals surface area (Å²) in [7, 11) is 0. The summed E-state index contributed by atoms with van der Waals surface area (Å²) in [4.78, 5) is 12.4. The molecule has 0 spiro atoms. The number of amides is 1. The van der Waals surface area contributed by atoms with E-state index in [2.05, 4.69) is 75.5 Å². The lowest BCUT2D eigenvalue weighted by molar-refractivity contribution is -0.113. The van der Waals surface area contributed by atoms with Crippen LogP contribution in [0.1, 0.15) is 56.2 Å². The highest BCUT2D eigenvalue weighted by molar-refractivity contribution is 8.00. The van der Waals surface area contributed by atoms with Gasteiger partial charge in [0.2, 0.25) is 5.91 Å². The highest BCUT2D eigenvalue weighted by atomic mass is 32.2. The maximum absolute atomic E-state index is 12.4. The molecule has 2 aromatic carbocycles. The molecular weight excluding hydrogens is 338 g/mol. The fraction of sp³-hybridized carbons (Fsp3) is 0.348. The van der Waals surface area contributed by atoms with Gasteiger partial charge in [-0.1, -0.05) is 88.4 Å². The second kappa shape index (κ2) is 10.2. The highest BCUT2D eigenvalue weighted by Gasteiger charge is 2.15. The van der Waals surface area contributed by atoms with E-state index < -0.39 is 0 Å². The molecule has 0 aliphatic carbocycles. The molecule has 0 aliphatic heterocycles. The van der Waals surface area contributed by atoms with Crippen LogP contribution in [-0.4, -0.2) is 17.4 Å². The van der Waals surface area contributed by atoms with Crippen molar-refractivity contribution in [3.63, 3.8) is 0 Å². The molecule has 2 aromatic rings. The van der Waals surface area contributed by atoms with Gasteiger partial charge in [0, 0.05) is 11.4 Å². The van der Waals surface area contributed by atoms with E-state index in [9.17, 15) is 4.79 Å². The molecule has 0 saturated carbocycles. The SMILES string of the molecule is CC(C)c1cccc(C(C)C)c1NC(=O)CSC/C=C/c1ccccc1. The zero-order valence-electron chi connectivity index (χ0n) is 16.2. The summed E-state index contributed by atoms with van der Waals surface area (Å²) in [6, 6.07) is 16.5. The minimum atomic E-state index is 0.0677. The Hall–Kier alpha value is -2.00. The minimum absolute atomic E-state index is 0.0677. The number of nitrogens with one attached hydrogen (secondary N) is 1. The van der Waals surface area contributed by atoms with Gasteiger partial charge in [-0.25, -0.2) is 0 Å². The highest BCUT2D eigenvalue weighted by Crippen LogP contribution is 2.32. The number of hydrogen-bond acceptors (Lipinski definition) is 2. The molecule has 0 heterocycles. The van der Waals surface area contributed by atoms with Crippen molar-refractivity contribution in [2.24, 2.45) is 0 Å². The van der Waals surface area contributed by atoms with Crippen LogP contribution in [0.3, 0.4) is 0 Å². The normalized spacial score (nSPS) is 11.5. The third-order valence-electron chi connectivity index (χ3n) is 4.19. The first-order valence-corrected chi connectivity index (χ1v) is 10.4. The van der Waals surface area contributed by atoms with Crippen LogP contribution in [0.5, 0.6) is 0 Å². The Bertz CT molecular complexity index is 709. The average molecular weight is 368 g/mol. The van der Waals surface area contributed by atoms with Crippen LogP contribution in [0.15, 0.2) is 54.6 Å². The Kier molecular flexibility index (Phi) is 7.99. The standard InChI is InChI=1S/C23H29NOS/c1-17(2)20-13-8-14-21(18(3)4)23(20)24-22(25)16-26-15-9-12-19-10-6-5-7-11-19/h5-14,17-18H,15-16H2,1-4H3,(H,24,25)/b12-9+. The van der Waals surface area contributed by atoms with Crippen molar-refractivity contribution < 1.29 is 4.79 Å². The van der Waals surface area contributed by atoms with E-state index >= 15 is 0 Å². The van der Waals surface area contributed by atoms with Crippen molar-refractivity contribution in [2.75, 3.05) is 16.8 Å². The monoisotopic (exact) mass is 367 g/mol. The Morgan fingerprint density at radius 3 is 2.15 bits per heavy atom. The summed E-state index contributed by atoms with van der Waals surface area (Å²) < 4.78 is 0. The molecule has 26 heavy (non-hydrogen) atoms. The van der Waals surface area contributed by atoms with E-state index in [0.717, 1.165) is 11.4 Å². The molecule has 0 bridgehead atoms. The molecule has 0 aromatic heterocycles. The Balaban J connectivity index is 1.92. The topological polar surface area (TPSA) is 29.1 Å². The number of rotatable bonds is 8.